The van der Waals surface area contributed by atoms with Crippen molar-refractivity contribution in [2.45, 2.75) is 85.4 Å². The summed E-state index contributed by atoms with van der Waals surface area (Å²) in [6.45, 7) is 13.5. The molecule has 0 spiro atoms. The number of unbranched alkanes of at least 4 members (excludes halogenated alkanes) is 1. The minimum Gasteiger partial charge on any atom is -0.444 e. The fourth-order valence-electron chi connectivity index (χ4n) is 3.32. The van der Waals surface area contributed by atoms with Gasteiger partial charge >= 0.3 is 6.09 Å². The molecule has 0 radical (unpaired) electrons. The van der Waals surface area contributed by atoms with Gasteiger partial charge in [0, 0.05) is 12.6 Å². The van der Waals surface area contributed by atoms with Gasteiger partial charge in [-0.3, -0.25) is 14.5 Å². The van der Waals surface area contributed by atoms with Crippen molar-refractivity contribution < 1.29 is 19.1 Å². The first-order valence-corrected chi connectivity index (χ1v) is 11.5. The van der Waals surface area contributed by atoms with E-state index in [4.69, 9.17) is 11.2 Å². The van der Waals surface area contributed by atoms with E-state index in [0.717, 1.165) is 23.3 Å². The average molecular weight is 458 g/mol. The lowest BCUT2D eigenvalue weighted by molar-refractivity contribution is -0.138. The molecule has 2 N–H and O–H groups in total. The van der Waals surface area contributed by atoms with Crippen molar-refractivity contribution in [3.05, 3.63) is 35.4 Å². The molecule has 0 saturated heterocycles. The first kappa shape index (κ1) is 28.0. The molecule has 1 rings (SSSR count). The van der Waals surface area contributed by atoms with Crippen LogP contribution in [0.4, 0.5) is 4.79 Å². The molecule has 2 atom stereocenters. The van der Waals surface area contributed by atoms with Gasteiger partial charge in [0.05, 0.1) is 0 Å². The van der Waals surface area contributed by atoms with Crippen LogP contribution in [0.1, 0.15) is 78.0 Å². The van der Waals surface area contributed by atoms with E-state index in [1.54, 1.807) is 26.8 Å². The quantitative estimate of drug-likeness (QED) is 0.311. The smallest absolute Gasteiger partial charge is 0.408 e. The number of ether oxygens (including phenoxy) is 1. The summed E-state index contributed by atoms with van der Waals surface area (Å²) in [6, 6.07) is 7.77. The van der Waals surface area contributed by atoms with Crippen LogP contribution in [0.2, 0.25) is 0 Å². The van der Waals surface area contributed by atoms with Crippen molar-refractivity contribution in [3.8, 4) is 12.5 Å². The molecule has 2 unspecified atom stereocenters. The van der Waals surface area contributed by atoms with Crippen molar-refractivity contribution in [1.29, 1.82) is 0 Å². The maximum Gasteiger partial charge on any atom is 0.408 e. The zero-order valence-electron chi connectivity index (χ0n) is 21.0. The number of carbonyl (C=O) groups excluding carboxylic acids is 3. The lowest BCUT2D eigenvalue weighted by Crippen LogP contribution is -2.52. The van der Waals surface area contributed by atoms with Crippen LogP contribution in [-0.4, -0.2) is 41.0 Å². The minimum atomic E-state index is -1.02. The predicted octanol–water partition coefficient (Wildman–Crippen LogP) is 4.31. The number of nitrogens with zero attached hydrogens (tertiary/aromatic N) is 1. The third-order valence-corrected chi connectivity index (χ3v) is 4.77. The molecule has 0 aliphatic rings. The molecule has 1 aromatic rings. The maximum absolute atomic E-state index is 13.6. The zero-order chi connectivity index (χ0) is 25.2. The fourth-order valence-corrected chi connectivity index (χ4v) is 3.32. The predicted molar refractivity (Wildman–Crippen MR) is 130 cm³/mol. The monoisotopic (exact) mass is 457 g/mol. The molecule has 0 heterocycles. The van der Waals surface area contributed by atoms with E-state index < -0.39 is 29.7 Å². The van der Waals surface area contributed by atoms with Crippen LogP contribution in [0.25, 0.3) is 0 Å². The highest BCUT2D eigenvalue weighted by Crippen LogP contribution is 2.24. The minimum absolute atomic E-state index is 0.0873. The molecule has 33 heavy (non-hydrogen) atoms. The molecule has 1 aromatic carbocycles. The molecule has 7 nitrogen and oxygen atoms in total. The molecular formula is C26H39N3O4. The van der Waals surface area contributed by atoms with Gasteiger partial charge in [-0.2, -0.15) is 0 Å². The second-order valence-electron chi connectivity index (χ2n) is 9.63. The van der Waals surface area contributed by atoms with Gasteiger partial charge < -0.3 is 15.4 Å². The maximum atomic E-state index is 13.6. The molecule has 182 valence electrons. The number of aryl methyl sites for hydroxylation is 1. The topological polar surface area (TPSA) is 87.7 Å². The van der Waals surface area contributed by atoms with Crippen molar-refractivity contribution in [1.82, 2.24) is 15.5 Å². The summed E-state index contributed by atoms with van der Waals surface area (Å²) in [7, 11) is 0. The third kappa shape index (κ3) is 9.56. The van der Waals surface area contributed by atoms with E-state index in [0.29, 0.717) is 18.5 Å². The van der Waals surface area contributed by atoms with Crippen LogP contribution in [0.5, 0.6) is 0 Å². The van der Waals surface area contributed by atoms with Gasteiger partial charge in [0.1, 0.15) is 17.7 Å². The third-order valence-electron chi connectivity index (χ3n) is 4.77. The van der Waals surface area contributed by atoms with Gasteiger partial charge in [0.15, 0.2) is 0 Å². The number of alkyl carbamates (subject to hydrolysis) is 1. The van der Waals surface area contributed by atoms with E-state index >= 15 is 0 Å². The number of rotatable bonds is 10. The van der Waals surface area contributed by atoms with Gasteiger partial charge in [-0.05, 0) is 52.0 Å². The van der Waals surface area contributed by atoms with Crippen LogP contribution in [0.3, 0.4) is 0 Å². The Morgan fingerprint density at radius 2 is 1.88 bits per heavy atom. The van der Waals surface area contributed by atoms with Crippen LogP contribution in [0, 0.1) is 25.3 Å². The highest BCUT2D eigenvalue weighted by atomic mass is 16.6. The van der Waals surface area contributed by atoms with Crippen molar-refractivity contribution in [2.24, 2.45) is 5.92 Å². The Hall–Kier alpha value is -3.01. The van der Waals surface area contributed by atoms with E-state index in [-0.39, 0.29) is 11.8 Å². The van der Waals surface area contributed by atoms with Gasteiger partial charge in [-0.15, -0.1) is 0 Å². The summed E-state index contributed by atoms with van der Waals surface area (Å²) in [5.41, 5.74) is 0.828. The summed E-state index contributed by atoms with van der Waals surface area (Å²) in [6.07, 6.45) is 7.14. The van der Waals surface area contributed by atoms with E-state index in [1.807, 2.05) is 45.9 Å². The van der Waals surface area contributed by atoms with Crippen LogP contribution < -0.4 is 10.6 Å². The molecule has 0 bridgehead atoms. The molecule has 7 heteroatoms. The Balaban J connectivity index is 3.31. The second-order valence-corrected chi connectivity index (χ2v) is 9.63. The molecule has 0 aliphatic heterocycles. The molecule has 0 fully saturated rings. The summed E-state index contributed by atoms with van der Waals surface area (Å²) in [4.78, 5) is 40.3. The molecule has 0 aliphatic carbocycles. The van der Waals surface area contributed by atoms with Gasteiger partial charge in [0.25, 0.3) is 5.91 Å². The standard InChI is InChI=1S/C26H39N3O4/c1-9-11-15-27-23(30)22(20-14-12-13-19(5)17-20)29(10-2)24(31)21(16-18(3)4)28-25(32)33-26(6,7)8/h2,12-14,17-18,21-22H,9,11,15-16H2,1,3-8H3,(H,27,30)(H,28,32). The Labute approximate surface area is 198 Å². The number of nitrogens with one attached hydrogen (secondary N) is 2. The van der Waals surface area contributed by atoms with Crippen LogP contribution in [-0.2, 0) is 14.3 Å². The van der Waals surface area contributed by atoms with E-state index in [2.05, 4.69) is 16.7 Å². The molecule has 0 aromatic heterocycles. The second kappa shape index (κ2) is 12.9. The Bertz CT molecular complexity index is 852. The lowest BCUT2D eigenvalue weighted by atomic mass is 9.99. The number of hydrogen-bond donors (Lipinski definition) is 2. The largest absolute Gasteiger partial charge is 0.444 e. The van der Waals surface area contributed by atoms with Crippen LogP contribution >= 0.6 is 0 Å². The first-order chi connectivity index (χ1) is 15.4. The number of carbonyl (C=O) groups is 3. The van der Waals surface area contributed by atoms with Crippen molar-refractivity contribution >= 4 is 17.9 Å². The summed E-state index contributed by atoms with van der Waals surface area (Å²) >= 11 is 0. The Morgan fingerprint density at radius 1 is 1.21 bits per heavy atom. The highest BCUT2D eigenvalue weighted by molar-refractivity contribution is 5.93. The fraction of sp³-hybridized carbons (Fsp3) is 0.577. The SMILES string of the molecule is C#CN(C(=O)C(CC(C)C)NC(=O)OC(C)(C)C)C(C(=O)NCCCC)c1cccc(C)c1. The van der Waals surface area contributed by atoms with E-state index in [9.17, 15) is 14.4 Å². The molecular weight excluding hydrogens is 418 g/mol. The van der Waals surface area contributed by atoms with Gasteiger partial charge in [-0.25, -0.2) is 4.79 Å². The van der Waals surface area contributed by atoms with Gasteiger partial charge in [-0.1, -0.05) is 63.4 Å². The molecule has 0 saturated carbocycles. The summed E-state index contributed by atoms with van der Waals surface area (Å²) in [5.74, 6) is -0.806. The lowest BCUT2D eigenvalue weighted by Gasteiger charge is -2.31. The summed E-state index contributed by atoms with van der Waals surface area (Å²) < 4.78 is 5.34. The average Bonchev–Trinajstić information content (AvgIpc) is 2.69. The van der Waals surface area contributed by atoms with Crippen LogP contribution in [0.15, 0.2) is 24.3 Å². The normalized spacial score (nSPS) is 12.9. The number of terminal acetylenes is 1. The zero-order valence-corrected chi connectivity index (χ0v) is 21.0. The number of amides is 3. The van der Waals surface area contributed by atoms with Crippen molar-refractivity contribution in [2.75, 3.05) is 6.54 Å². The number of benzene rings is 1. The molecule has 3 amide bonds. The Kier molecular flexibility index (Phi) is 10.9. The highest BCUT2D eigenvalue weighted by Gasteiger charge is 2.36. The van der Waals surface area contributed by atoms with Crippen molar-refractivity contribution in [3.63, 3.8) is 0 Å². The number of hydrogen-bond acceptors (Lipinski definition) is 4. The van der Waals surface area contributed by atoms with E-state index in [1.165, 1.54) is 0 Å². The summed E-state index contributed by atoms with van der Waals surface area (Å²) in [5, 5.41) is 5.53. The van der Waals surface area contributed by atoms with Gasteiger partial charge in [0.2, 0.25) is 5.91 Å². The first-order valence-electron chi connectivity index (χ1n) is 11.5. The Morgan fingerprint density at radius 3 is 2.39 bits per heavy atom.